The molecule has 29 heavy (non-hydrogen) atoms. The predicted molar refractivity (Wildman–Crippen MR) is 116 cm³/mol. The lowest BCUT2D eigenvalue weighted by atomic mass is 10.2. The summed E-state index contributed by atoms with van der Waals surface area (Å²) in [6, 6.07) is 17.6. The van der Waals surface area contributed by atoms with Crippen molar-refractivity contribution in [3.63, 3.8) is 0 Å². The van der Waals surface area contributed by atoms with Crippen LogP contribution < -0.4 is 0 Å². The quantitative estimate of drug-likeness (QED) is 0.440. The Kier molecular flexibility index (Phi) is 5.74. The van der Waals surface area contributed by atoms with Gasteiger partial charge in [0, 0.05) is 41.3 Å². The largest absolute Gasteiger partial charge is 0.336 e. The van der Waals surface area contributed by atoms with Crippen LogP contribution in [0.4, 0.5) is 0 Å². The Balaban J connectivity index is 1.40. The molecule has 2 heterocycles. The van der Waals surface area contributed by atoms with Crippen LogP contribution in [0.2, 0.25) is 5.02 Å². The zero-order chi connectivity index (χ0) is 20.2. The molecule has 0 saturated heterocycles. The topological polar surface area (TPSA) is 51.0 Å². The third-order valence-corrected chi connectivity index (χ3v) is 5.60. The van der Waals surface area contributed by atoms with E-state index in [1.165, 1.54) is 16.9 Å². The Bertz CT molecular complexity index is 1110. The molecule has 0 radical (unpaired) electrons. The highest BCUT2D eigenvalue weighted by molar-refractivity contribution is 7.13. The van der Waals surface area contributed by atoms with Crippen LogP contribution in [0.3, 0.4) is 0 Å². The van der Waals surface area contributed by atoms with Gasteiger partial charge in [-0.3, -0.25) is 9.48 Å². The standard InChI is InChI=1S/C22H19ClN4OS/c1-26(12-17-11-24-27(14-17)13-16-5-3-2-4-6-16)22(28)20-15-29-21(25-20)18-7-9-19(23)10-8-18/h2-11,14-15H,12-13H2,1H3. The maximum absolute atomic E-state index is 12.8. The molecule has 146 valence electrons. The van der Waals surface area contributed by atoms with Crippen LogP contribution in [0.5, 0.6) is 0 Å². The third-order valence-electron chi connectivity index (χ3n) is 4.46. The molecule has 0 fully saturated rings. The van der Waals surface area contributed by atoms with Gasteiger partial charge in [0.25, 0.3) is 5.91 Å². The van der Waals surface area contributed by atoms with Crippen LogP contribution in [0, 0.1) is 0 Å². The molecule has 4 rings (SSSR count). The van der Waals surface area contributed by atoms with E-state index in [-0.39, 0.29) is 5.91 Å². The summed E-state index contributed by atoms with van der Waals surface area (Å²) in [5.41, 5.74) is 3.55. The number of halogens is 1. The molecule has 0 aliphatic carbocycles. The normalized spacial score (nSPS) is 10.8. The van der Waals surface area contributed by atoms with Crippen LogP contribution in [0.25, 0.3) is 10.6 Å². The summed E-state index contributed by atoms with van der Waals surface area (Å²) >= 11 is 7.38. The maximum atomic E-state index is 12.8. The highest BCUT2D eigenvalue weighted by atomic mass is 35.5. The van der Waals surface area contributed by atoms with Crippen molar-refractivity contribution < 1.29 is 4.79 Å². The summed E-state index contributed by atoms with van der Waals surface area (Å²) in [4.78, 5) is 18.9. The molecular formula is C22H19ClN4OS. The van der Waals surface area contributed by atoms with Crippen LogP contribution in [0.1, 0.15) is 21.6 Å². The van der Waals surface area contributed by atoms with E-state index >= 15 is 0 Å². The predicted octanol–water partition coefficient (Wildman–Crippen LogP) is 4.98. The van der Waals surface area contributed by atoms with E-state index in [1.807, 2.05) is 53.3 Å². The number of nitrogens with zero attached hydrogens (tertiary/aromatic N) is 4. The lowest BCUT2D eigenvalue weighted by Gasteiger charge is -2.14. The summed E-state index contributed by atoms with van der Waals surface area (Å²) < 4.78 is 1.88. The average Bonchev–Trinajstić information content (AvgIpc) is 3.39. The Hall–Kier alpha value is -2.96. The highest BCUT2D eigenvalue weighted by Gasteiger charge is 2.17. The molecule has 0 spiro atoms. The fourth-order valence-electron chi connectivity index (χ4n) is 2.98. The Morgan fingerprint density at radius 1 is 1.10 bits per heavy atom. The first-order valence-corrected chi connectivity index (χ1v) is 10.4. The van der Waals surface area contributed by atoms with Crippen molar-refractivity contribution in [3.05, 3.63) is 94.2 Å². The minimum atomic E-state index is -0.114. The van der Waals surface area contributed by atoms with Gasteiger partial charge >= 0.3 is 0 Å². The van der Waals surface area contributed by atoms with Gasteiger partial charge in [0.15, 0.2) is 0 Å². The second-order valence-corrected chi connectivity index (χ2v) is 8.03. The first-order chi connectivity index (χ1) is 14.1. The molecule has 2 aromatic heterocycles. The van der Waals surface area contributed by atoms with Gasteiger partial charge in [-0.1, -0.05) is 54.1 Å². The number of hydrogen-bond acceptors (Lipinski definition) is 4. The number of amides is 1. The van der Waals surface area contributed by atoms with Gasteiger partial charge in [0.1, 0.15) is 10.7 Å². The number of rotatable bonds is 6. The number of aromatic nitrogens is 3. The summed E-state index contributed by atoms with van der Waals surface area (Å²) in [7, 11) is 1.78. The molecule has 0 N–H and O–H groups in total. The SMILES string of the molecule is CN(Cc1cnn(Cc2ccccc2)c1)C(=O)c1csc(-c2ccc(Cl)cc2)n1. The monoisotopic (exact) mass is 422 g/mol. The molecule has 4 aromatic rings. The van der Waals surface area contributed by atoms with Gasteiger partial charge in [-0.2, -0.15) is 5.10 Å². The Labute approximate surface area is 178 Å². The van der Waals surface area contributed by atoms with Crippen molar-refractivity contribution >= 4 is 28.8 Å². The molecular weight excluding hydrogens is 404 g/mol. The van der Waals surface area contributed by atoms with Crippen LogP contribution in [0.15, 0.2) is 72.4 Å². The molecule has 0 atom stereocenters. The lowest BCUT2D eigenvalue weighted by Crippen LogP contribution is -2.26. The fourth-order valence-corrected chi connectivity index (χ4v) is 3.91. The first kappa shape index (κ1) is 19.4. The molecule has 1 amide bonds. The zero-order valence-corrected chi connectivity index (χ0v) is 17.4. The van der Waals surface area contributed by atoms with Gasteiger partial charge in [-0.05, 0) is 17.7 Å². The Morgan fingerprint density at radius 3 is 2.62 bits per heavy atom. The van der Waals surface area contributed by atoms with E-state index in [0.717, 1.165) is 16.1 Å². The number of thiazole rings is 1. The van der Waals surface area contributed by atoms with Crippen molar-refractivity contribution in [2.75, 3.05) is 7.05 Å². The Morgan fingerprint density at radius 2 is 1.86 bits per heavy atom. The van der Waals surface area contributed by atoms with E-state index in [0.29, 0.717) is 23.8 Å². The third kappa shape index (κ3) is 4.72. The van der Waals surface area contributed by atoms with Gasteiger partial charge in [0.05, 0.1) is 12.7 Å². The number of hydrogen-bond donors (Lipinski definition) is 0. The van der Waals surface area contributed by atoms with Crippen LogP contribution in [-0.4, -0.2) is 32.6 Å². The average molecular weight is 423 g/mol. The number of carbonyl (C=O) groups excluding carboxylic acids is 1. The van der Waals surface area contributed by atoms with E-state index in [2.05, 4.69) is 22.2 Å². The van der Waals surface area contributed by atoms with Crippen LogP contribution in [-0.2, 0) is 13.1 Å². The molecule has 0 aliphatic rings. The van der Waals surface area contributed by atoms with Gasteiger partial charge in [-0.25, -0.2) is 4.98 Å². The summed E-state index contributed by atoms with van der Waals surface area (Å²) in [5.74, 6) is -0.114. The van der Waals surface area contributed by atoms with E-state index in [1.54, 1.807) is 23.5 Å². The summed E-state index contributed by atoms with van der Waals surface area (Å²) in [6.07, 6.45) is 3.77. The zero-order valence-electron chi connectivity index (χ0n) is 15.8. The highest BCUT2D eigenvalue weighted by Crippen LogP contribution is 2.25. The van der Waals surface area contributed by atoms with E-state index < -0.39 is 0 Å². The van der Waals surface area contributed by atoms with E-state index in [9.17, 15) is 4.79 Å². The molecule has 0 saturated carbocycles. The minimum absolute atomic E-state index is 0.114. The van der Waals surface area contributed by atoms with Crippen molar-refractivity contribution in [1.29, 1.82) is 0 Å². The number of carbonyl (C=O) groups is 1. The fraction of sp³-hybridized carbons (Fsp3) is 0.136. The summed E-state index contributed by atoms with van der Waals surface area (Å²) in [5, 5.41) is 7.67. The van der Waals surface area contributed by atoms with Gasteiger partial charge in [-0.15, -0.1) is 11.3 Å². The van der Waals surface area contributed by atoms with Crippen LogP contribution >= 0.6 is 22.9 Å². The molecule has 0 bridgehead atoms. The van der Waals surface area contributed by atoms with Gasteiger partial charge in [0.2, 0.25) is 0 Å². The first-order valence-electron chi connectivity index (χ1n) is 9.11. The number of benzene rings is 2. The smallest absolute Gasteiger partial charge is 0.273 e. The van der Waals surface area contributed by atoms with Crippen molar-refractivity contribution in [2.45, 2.75) is 13.1 Å². The molecule has 7 heteroatoms. The molecule has 2 aromatic carbocycles. The molecule has 5 nitrogen and oxygen atoms in total. The van der Waals surface area contributed by atoms with Crippen molar-refractivity contribution in [1.82, 2.24) is 19.7 Å². The molecule has 0 aliphatic heterocycles. The minimum Gasteiger partial charge on any atom is -0.336 e. The van der Waals surface area contributed by atoms with E-state index in [4.69, 9.17) is 11.6 Å². The summed E-state index contributed by atoms with van der Waals surface area (Å²) in [6.45, 7) is 1.18. The maximum Gasteiger partial charge on any atom is 0.273 e. The van der Waals surface area contributed by atoms with Gasteiger partial charge < -0.3 is 4.90 Å². The molecule has 0 unspecified atom stereocenters. The van der Waals surface area contributed by atoms with Crippen molar-refractivity contribution in [3.8, 4) is 10.6 Å². The second kappa shape index (κ2) is 8.59. The lowest BCUT2D eigenvalue weighted by molar-refractivity contribution is 0.0780. The van der Waals surface area contributed by atoms with Crippen molar-refractivity contribution in [2.24, 2.45) is 0 Å². The second-order valence-electron chi connectivity index (χ2n) is 6.74.